The highest BCUT2D eigenvalue weighted by atomic mass is 32.2. The van der Waals surface area contributed by atoms with Gasteiger partial charge in [-0.1, -0.05) is 23.9 Å². The molecule has 0 atom stereocenters. The number of nitrogens with zero attached hydrogens (tertiary/aromatic N) is 4. The van der Waals surface area contributed by atoms with Crippen LogP contribution in [0.2, 0.25) is 0 Å². The number of carbonyl (C=O) groups is 1. The van der Waals surface area contributed by atoms with Gasteiger partial charge in [-0.05, 0) is 42.0 Å². The number of nitrogens with one attached hydrogen (secondary N) is 1. The van der Waals surface area contributed by atoms with E-state index in [1.807, 2.05) is 35.4 Å². The lowest BCUT2D eigenvalue weighted by atomic mass is 10.1. The molecule has 5 rings (SSSR count). The van der Waals surface area contributed by atoms with Gasteiger partial charge in [-0.15, -0.1) is 0 Å². The van der Waals surface area contributed by atoms with Crippen LogP contribution in [0.3, 0.4) is 0 Å². The predicted octanol–water partition coefficient (Wildman–Crippen LogP) is 4.21. The molecule has 7 nitrogen and oxygen atoms in total. The molecule has 174 valence electrons. The summed E-state index contributed by atoms with van der Waals surface area (Å²) >= 11 is 1.42. The normalized spacial score (nSPS) is 13.9. The standard InChI is InChI=1S/C25H24FN5O2S/c1-33-20-8-2-17(3-9-20)21-14-27-24-23(21)28-16-29-25(24)34-15-22(32)31-12-10-30(11-13-31)19-6-4-18(26)5-7-19/h2-9,14,16,27H,10-13,15H2,1H3. The second kappa shape index (κ2) is 9.72. The number of hydrogen-bond acceptors (Lipinski definition) is 6. The third kappa shape index (κ3) is 4.56. The predicted molar refractivity (Wildman–Crippen MR) is 132 cm³/mol. The van der Waals surface area contributed by atoms with E-state index in [-0.39, 0.29) is 11.7 Å². The molecule has 0 bridgehead atoms. The molecule has 1 aliphatic rings. The van der Waals surface area contributed by atoms with Crippen LogP contribution < -0.4 is 9.64 Å². The Morgan fingerprint density at radius 3 is 2.50 bits per heavy atom. The smallest absolute Gasteiger partial charge is 0.233 e. The summed E-state index contributed by atoms with van der Waals surface area (Å²) in [5.41, 5.74) is 4.63. The fourth-order valence-corrected chi connectivity index (χ4v) is 4.97. The number of amides is 1. The molecule has 1 aliphatic heterocycles. The first-order valence-corrected chi connectivity index (χ1v) is 12.0. The summed E-state index contributed by atoms with van der Waals surface area (Å²) in [6.07, 6.45) is 3.46. The molecular weight excluding hydrogens is 453 g/mol. The number of aromatic nitrogens is 3. The SMILES string of the molecule is COc1ccc(-c2c[nH]c3c(SCC(=O)N4CCN(c5ccc(F)cc5)CC4)ncnc23)cc1. The number of H-pyrrole nitrogens is 1. The number of thioether (sulfide) groups is 1. The summed E-state index contributed by atoms with van der Waals surface area (Å²) in [7, 11) is 1.64. The van der Waals surface area contributed by atoms with Gasteiger partial charge in [0.05, 0.1) is 18.4 Å². The molecule has 9 heteroatoms. The van der Waals surface area contributed by atoms with Crippen molar-refractivity contribution in [2.45, 2.75) is 5.03 Å². The minimum atomic E-state index is -0.244. The number of anilines is 1. The minimum Gasteiger partial charge on any atom is -0.497 e. The van der Waals surface area contributed by atoms with E-state index in [0.29, 0.717) is 18.8 Å². The van der Waals surface area contributed by atoms with Crippen LogP contribution >= 0.6 is 11.8 Å². The Kier molecular flexibility index (Phi) is 6.35. The number of rotatable bonds is 6. The molecule has 1 saturated heterocycles. The van der Waals surface area contributed by atoms with Crippen molar-refractivity contribution in [3.63, 3.8) is 0 Å². The highest BCUT2D eigenvalue weighted by molar-refractivity contribution is 8.00. The van der Waals surface area contributed by atoms with Crippen LogP contribution in [0.25, 0.3) is 22.2 Å². The van der Waals surface area contributed by atoms with Crippen molar-refractivity contribution in [3.8, 4) is 16.9 Å². The fourth-order valence-electron chi connectivity index (χ4n) is 4.10. The van der Waals surface area contributed by atoms with Crippen LogP contribution in [0, 0.1) is 5.82 Å². The first kappa shape index (κ1) is 22.2. The van der Waals surface area contributed by atoms with E-state index in [9.17, 15) is 9.18 Å². The molecule has 1 amide bonds. The maximum absolute atomic E-state index is 13.2. The van der Waals surface area contributed by atoms with E-state index in [4.69, 9.17) is 4.74 Å². The van der Waals surface area contributed by atoms with Crippen LogP contribution in [0.5, 0.6) is 5.75 Å². The maximum atomic E-state index is 13.2. The fraction of sp³-hybridized carbons (Fsp3) is 0.240. The van der Waals surface area contributed by atoms with Gasteiger partial charge in [-0.3, -0.25) is 4.79 Å². The van der Waals surface area contributed by atoms with Crippen LogP contribution in [0.1, 0.15) is 0 Å². The molecule has 1 fully saturated rings. The van der Waals surface area contributed by atoms with Crippen LogP contribution in [-0.4, -0.2) is 64.8 Å². The molecule has 2 aromatic heterocycles. The van der Waals surface area contributed by atoms with E-state index in [1.165, 1.54) is 30.2 Å². The molecule has 3 heterocycles. The van der Waals surface area contributed by atoms with E-state index in [2.05, 4.69) is 19.9 Å². The van der Waals surface area contributed by atoms with Crippen molar-refractivity contribution in [2.24, 2.45) is 0 Å². The Bertz CT molecular complexity index is 1290. The Morgan fingerprint density at radius 1 is 1.06 bits per heavy atom. The van der Waals surface area contributed by atoms with Gasteiger partial charge in [0.2, 0.25) is 5.91 Å². The first-order chi connectivity index (χ1) is 16.6. The van der Waals surface area contributed by atoms with E-state index in [0.717, 1.165) is 51.7 Å². The Balaban J connectivity index is 1.22. The number of methoxy groups -OCH3 is 1. The van der Waals surface area contributed by atoms with Gasteiger partial charge in [0.25, 0.3) is 0 Å². The van der Waals surface area contributed by atoms with Gasteiger partial charge in [-0.2, -0.15) is 0 Å². The number of carbonyl (C=O) groups excluding carboxylic acids is 1. The summed E-state index contributed by atoms with van der Waals surface area (Å²) in [5, 5.41) is 0.753. The van der Waals surface area contributed by atoms with Crippen LogP contribution in [0.4, 0.5) is 10.1 Å². The molecule has 1 N–H and O–H groups in total. The first-order valence-electron chi connectivity index (χ1n) is 11.0. The third-order valence-corrected chi connectivity index (χ3v) is 6.96. The number of benzene rings is 2. The maximum Gasteiger partial charge on any atom is 0.233 e. The average Bonchev–Trinajstić information content (AvgIpc) is 3.33. The molecule has 34 heavy (non-hydrogen) atoms. The average molecular weight is 478 g/mol. The highest BCUT2D eigenvalue weighted by Crippen LogP contribution is 2.32. The van der Waals surface area contributed by atoms with Crippen molar-refractivity contribution in [2.75, 3.05) is 43.9 Å². The number of ether oxygens (including phenoxy) is 1. The van der Waals surface area contributed by atoms with Gasteiger partial charge in [0.1, 0.15) is 28.4 Å². The van der Waals surface area contributed by atoms with Crippen molar-refractivity contribution >= 4 is 34.4 Å². The van der Waals surface area contributed by atoms with Crippen LogP contribution in [0.15, 0.2) is 66.1 Å². The lowest BCUT2D eigenvalue weighted by Crippen LogP contribution is -2.49. The molecule has 0 aliphatic carbocycles. The van der Waals surface area contributed by atoms with Gasteiger partial charge in [-0.25, -0.2) is 14.4 Å². The lowest BCUT2D eigenvalue weighted by molar-refractivity contribution is -0.128. The number of fused-ring (bicyclic) bond motifs is 1. The summed E-state index contributed by atoms with van der Waals surface area (Å²) in [6.45, 7) is 2.73. The van der Waals surface area contributed by atoms with Crippen molar-refractivity contribution in [1.29, 1.82) is 0 Å². The molecule has 0 radical (unpaired) electrons. The third-order valence-electron chi connectivity index (χ3n) is 5.99. The molecule has 0 unspecified atom stereocenters. The van der Waals surface area contributed by atoms with Crippen molar-refractivity contribution in [1.82, 2.24) is 19.9 Å². The van der Waals surface area contributed by atoms with Crippen molar-refractivity contribution in [3.05, 3.63) is 66.9 Å². The number of piperazine rings is 1. The summed E-state index contributed by atoms with van der Waals surface area (Å²) in [4.78, 5) is 29.1. The van der Waals surface area contributed by atoms with Gasteiger partial charge in [0, 0.05) is 43.6 Å². The molecule has 0 saturated carbocycles. The highest BCUT2D eigenvalue weighted by Gasteiger charge is 2.22. The Morgan fingerprint density at radius 2 is 1.79 bits per heavy atom. The quantitative estimate of drug-likeness (QED) is 0.331. The number of halogens is 1. The molecule has 2 aromatic carbocycles. The van der Waals surface area contributed by atoms with Gasteiger partial charge in [0.15, 0.2) is 0 Å². The second-order valence-corrected chi connectivity index (χ2v) is 8.93. The lowest BCUT2D eigenvalue weighted by Gasteiger charge is -2.36. The van der Waals surface area contributed by atoms with Crippen LogP contribution in [-0.2, 0) is 4.79 Å². The van der Waals surface area contributed by atoms with Gasteiger partial charge >= 0.3 is 0 Å². The van der Waals surface area contributed by atoms with E-state index >= 15 is 0 Å². The largest absolute Gasteiger partial charge is 0.497 e. The minimum absolute atomic E-state index is 0.0810. The van der Waals surface area contributed by atoms with Gasteiger partial charge < -0.3 is 19.5 Å². The van der Waals surface area contributed by atoms with Crippen molar-refractivity contribution < 1.29 is 13.9 Å². The van der Waals surface area contributed by atoms with E-state index < -0.39 is 0 Å². The second-order valence-electron chi connectivity index (χ2n) is 7.97. The number of hydrogen-bond donors (Lipinski definition) is 1. The van der Waals surface area contributed by atoms with E-state index in [1.54, 1.807) is 19.2 Å². The Labute approximate surface area is 201 Å². The number of aromatic amines is 1. The summed E-state index contributed by atoms with van der Waals surface area (Å²) < 4.78 is 18.4. The topological polar surface area (TPSA) is 74.4 Å². The monoisotopic (exact) mass is 477 g/mol. The molecule has 4 aromatic rings. The molecule has 0 spiro atoms. The zero-order valence-corrected chi connectivity index (χ0v) is 19.5. The molecular formula is C25H24FN5O2S. The summed E-state index contributed by atoms with van der Waals surface area (Å²) in [6, 6.07) is 14.3. The zero-order chi connectivity index (χ0) is 23.5. The Hall–Kier alpha value is -3.59. The zero-order valence-electron chi connectivity index (χ0n) is 18.7. The summed E-state index contributed by atoms with van der Waals surface area (Å²) in [5.74, 6) is 0.940.